The lowest BCUT2D eigenvalue weighted by Gasteiger charge is -2.35. The van der Waals surface area contributed by atoms with Crippen LogP contribution in [0.15, 0.2) is 0 Å². The van der Waals surface area contributed by atoms with Crippen molar-refractivity contribution in [2.45, 2.75) is 64.5 Å². The monoisotopic (exact) mass is 224 g/mol. The van der Waals surface area contributed by atoms with Gasteiger partial charge in [-0.1, -0.05) is 20.3 Å². The van der Waals surface area contributed by atoms with Crippen molar-refractivity contribution in [1.29, 1.82) is 0 Å². The van der Waals surface area contributed by atoms with Gasteiger partial charge < -0.3 is 5.32 Å². The predicted octanol–water partition coefficient (Wildman–Crippen LogP) is 2.64. The van der Waals surface area contributed by atoms with Gasteiger partial charge in [-0.15, -0.1) is 0 Å². The van der Waals surface area contributed by atoms with Gasteiger partial charge in [0, 0.05) is 18.6 Å². The fourth-order valence-electron chi connectivity index (χ4n) is 3.23. The van der Waals surface area contributed by atoms with Crippen LogP contribution in [0.2, 0.25) is 0 Å². The second-order valence-corrected chi connectivity index (χ2v) is 5.55. The maximum Gasteiger partial charge on any atom is 0.0195 e. The van der Waals surface area contributed by atoms with E-state index < -0.39 is 0 Å². The Morgan fingerprint density at radius 2 is 2.00 bits per heavy atom. The molecule has 1 heterocycles. The Labute approximate surface area is 101 Å². The number of nitrogens with one attached hydrogen (secondary N) is 1. The third kappa shape index (κ3) is 3.21. The number of hydrogen-bond acceptors (Lipinski definition) is 2. The molecule has 0 aromatic carbocycles. The van der Waals surface area contributed by atoms with Gasteiger partial charge in [-0.3, -0.25) is 4.90 Å². The van der Waals surface area contributed by atoms with Crippen LogP contribution in [0.4, 0.5) is 0 Å². The van der Waals surface area contributed by atoms with Crippen LogP contribution in [-0.2, 0) is 0 Å². The van der Waals surface area contributed by atoms with Crippen molar-refractivity contribution in [2.24, 2.45) is 5.92 Å². The molecular weight excluding hydrogens is 196 g/mol. The molecule has 2 heteroatoms. The SMILES string of the molecule is CCC(C1CC1)N(CC)CC1CCCCN1. The van der Waals surface area contributed by atoms with Gasteiger partial charge >= 0.3 is 0 Å². The van der Waals surface area contributed by atoms with Crippen molar-refractivity contribution in [2.75, 3.05) is 19.6 Å². The Balaban J connectivity index is 1.82. The van der Waals surface area contributed by atoms with Crippen LogP contribution in [0, 0.1) is 5.92 Å². The average molecular weight is 224 g/mol. The zero-order valence-corrected chi connectivity index (χ0v) is 11.0. The van der Waals surface area contributed by atoms with Crippen LogP contribution in [-0.4, -0.2) is 36.6 Å². The van der Waals surface area contributed by atoms with Gasteiger partial charge in [0.2, 0.25) is 0 Å². The van der Waals surface area contributed by atoms with Gasteiger partial charge in [-0.05, 0) is 51.1 Å². The van der Waals surface area contributed by atoms with Crippen molar-refractivity contribution in [1.82, 2.24) is 10.2 Å². The van der Waals surface area contributed by atoms with Crippen LogP contribution < -0.4 is 5.32 Å². The smallest absolute Gasteiger partial charge is 0.0195 e. The Morgan fingerprint density at radius 1 is 1.19 bits per heavy atom. The van der Waals surface area contributed by atoms with E-state index in [2.05, 4.69) is 24.1 Å². The summed E-state index contributed by atoms with van der Waals surface area (Å²) in [5.74, 6) is 1.02. The molecule has 2 rings (SSSR count). The molecule has 1 saturated heterocycles. The number of piperidine rings is 1. The molecule has 0 aromatic rings. The fraction of sp³-hybridized carbons (Fsp3) is 1.00. The van der Waals surface area contributed by atoms with Gasteiger partial charge in [0.25, 0.3) is 0 Å². The van der Waals surface area contributed by atoms with Crippen molar-refractivity contribution in [3.63, 3.8) is 0 Å². The standard InChI is InChI=1S/C14H28N2/c1-3-14(12-8-9-12)16(4-2)11-13-7-5-6-10-15-13/h12-15H,3-11H2,1-2H3. The minimum Gasteiger partial charge on any atom is -0.313 e. The summed E-state index contributed by atoms with van der Waals surface area (Å²) in [4.78, 5) is 2.74. The quantitative estimate of drug-likeness (QED) is 0.746. The van der Waals surface area contributed by atoms with Crippen LogP contribution in [0.1, 0.15) is 52.4 Å². The molecule has 1 saturated carbocycles. The van der Waals surface area contributed by atoms with Crippen molar-refractivity contribution < 1.29 is 0 Å². The maximum atomic E-state index is 3.68. The highest BCUT2D eigenvalue weighted by Crippen LogP contribution is 2.36. The number of rotatable bonds is 6. The van der Waals surface area contributed by atoms with Crippen molar-refractivity contribution >= 4 is 0 Å². The lowest BCUT2D eigenvalue weighted by atomic mass is 10.0. The third-order valence-electron chi connectivity index (χ3n) is 4.33. The van der Waals surface area contributed by atoms with Crippen LogP contribution in [0.25, 0.3) is 0 Å². The highest BCUT2D eigenvalue weighted by molar-refractivity contribution is 4.89. The highest BCUT2D eigenvalue weighted by Gasteiger charge is 2.34. The van der Waals surface area contributed by atoms with E-state index in [1.54, 1.807) is 0 Å². The lowest BCUT2D eigenvalue weighted by Crippen LogP contribution is -2.47. The van der Waals surface area contributed by atoms with E-state index in [-0.39, 0.29) is 0 Å². The molecule has 2 fully saturated rings. The first-order valence-corrected chi connectivity index (χ1v) is 7.32. The van der Waals surface area contributed by atoms with E-state index in [1.165, 1.54) is 58.2 Å². The van der Waals surface area contributed by atoms with Gasteiger partial charge in [-0.25, -0.2) is 0 Å². The Hall–Kier alpha value is -0.0800. The van der Waals surface area contributed by atoms with E-state index in [1.807, 2.05) is 0 Å². The predicted molar refractivity (Wildman–Crippen MR) is 69.7 cm³/mol. The summed E-state index contributed by atoms with van der Waals surface area (Å²) in [7, 11) is 0. The van der Waals surface area contributed by atoms with Gasteiger partial charge in [0.1, 0.15) is 0 Å². The molecule has 2 nitrogen and oxygen atoms in total. The molecule has 2 atom stereocenters. The lowest BCUT2D eigenvalue weighted by molar-refractivity contribution is 0.153. The van der Waals surface area contributed by atoms with Crippen LogP contribution in [0.5, 0.6) is 0 Å². The average Bonchev–Trinajstić information content (AvgIpc) is 3.14. The normalized spacial score (nSPS) is 28.3. The fourth-order valence-corrected chi connectivity index (χ4v) is 3.23. The van der Waals surface area contributed by atoms with E-state index >= 15 is 0 Å². The minimum atomic E-state index is 0.765. The molecule has 0 bridgehead atoms. The minimum absolute atomic E-state index is 0.765. The number of nitrogens with zero attached hydrogens (tertiary/aromatic N) is 1. The number of likely N-dealkylation sites (N-methyl/N-ethyl adjacent to an activating group) is 1. The molecule has 0 amide bonds. The summed E-state index contributed by atoms with van der Waals surface area (Å²) in [6.45, 7) is 8.44. The van der Waals surface area contributed by atoms with E-state index in [0.29, 0.717) is 0 Å². The van der Waals surface area contributed by atoms with Gasteiger partial charge in [0.15, 0.2) is 0 Å². The molecule has 0 radical (unpaired) electrons. The molecule has 1 aliphatic carbocycles. The van der Waals surface area contributed by atoms with Crippen LogP contribution in [0.3, 0.4) is 0 Å². The molecule has 1 aliphatic heterocycles. The zero-order valence-electron chi connectivity index (χ0n) is 11.0. The van der Waals surface area contributed by atoms with Gasteiger partial charge in [-0.2, -0.15) is 0 Å². The summed E-state index contributed by atoms with van der Waals surface area (Å²) in [6, 6.07) is 1.63. The molecule has 94 valence electrons. The summed E-state index contributed by atoms with van der Waals surface area (Å²) in [5.41, 5.74) is 0. The third-order valence-corrected chi connectivity index (χ3v) is 4.33. The van der Waals surface area contributed by atoms with Crippen molar-refractivity contribution in [3.8, 4) is 0 Å². The first-order valence-electron chi connectivity index (χ1n) is 7.32. The second kappa shape index (κ2) is 6.02. The number of hydrogen-bond donors (Lipinski definition) is 1. The Bertz CT molecular complexity index is 195. The largest absolute Gasteiger partial charge is 0.313 e. The van der Waals surface area contributed by atoms with Gasteiger partial charge in [0.05, 0.1) is 0 Å². The summed E-state index contributed by atoms with van der Waals surface area (Å²) in [5, 5.41) is 3.68. The summed E-state index contributed by atoms with van der Waals surface area (Å²) < 4.78 is 0. The molecule has 2 aliphatic rings. The highest BCUT2D eigenvalue weighted by atomic mass is 15.2. The topological polar surface area (TPSA) is 15.3 Å². The van der Waals surface area contributed by atoms with E-state index in [4.69, 9.17) is 0 Å². The van der Waals surface area contributed by atoms with Crippen molar-refractivity contribution in [3.05, 3.63) is 0 Å². The zero-order chi connectivity index (χ0) is 11.4. The molecule has 16 heavy (non-hydrogen) atoms. The molecular formula is C14H28N2. The van der Waals surface area contributed by atoms with Crippen LogP contribution >= 0.6 is 0 Å². The summed E-state index contributed by atoms with van der Waals surface area (Å²) in [6.07, 6.45) is 8.49. The molecule has 1 N–H and O–H groups in total. The van der Waals surface area contributed by atoms with E-state index in [9.17, 15) is 0 Å². The molecule has 0 spiro atoms. The first-order chi connectivity index (χ1) is 7.85. The first kappa shape index (κ1) is 12.4. The maximum absolute atomic E-state index is 3.68. The molecule has 0 aromatic heterocycles. The second-order valence-electron chi connectivity index (χ2n) is 5.55. The Kier molecular flexibility index (Phi) is 4.66. The Morgan fingerprint density at radius 3 is 2.50 bits per heavy atom. The van der Waals surface area contributed by atoms with E-state index in [0.717, 1.165) is 18.0 Å². The summed E-state index contributed by atoms with van der Waals surface area (Å²) >= 11 is 0. The molecule has 2 unspecified atom stereocenters.